The van der Waals surface area contributed by atoms with Crippen LogP contribution in [-0.4, -0.2) is 22.7 Å². The van der Waals surface area contributed by atoms with Crippen LogP contribution in [0.25, 0.3) is 11.5 Å². The first-order chi connectivity index (χ1) is 14.7. The van der Waals surface area contributed by atoms with Gasteiger partial charge in [0.05, 0.1) is 24.3 Å². The zero-order valence-corrected chi connectivity index (χ0v) is 17.1. The highest BCUT2D eigenvalue weighted by Gasteiger charge is 2.30. The van der Waals surface area contributed by atoms with Crippen molar-refractivity contribution in [2.45, 2.75) is 39.3 Å². The van der Waals surface area contributed by atoms with Crippen molar-refractivity contribution < 1.29 is 32.2 Å². The summed E-state index contributed by atoms with van der Waals surface area (Å²) in [5.74, 6) is 0.530. The molecule has 1 N–H and O–H groups in total. The third-order valence-corrected chi connectivity index (χ3v) is 4.82. The second-order valence-electron chi connectivity index (χ2n) is 7.06. The number of ether oxygens (including phenoxy) is 1. The number of halogens is 3. The van der Waals surface area contributed by atoms with Gasteiger partial charge < -0.3 is 14.3 Å². The number of aryl methyl sites for hydroxylation is 2. The number of hydrogen-bond donors (Lipinski definition) is 1. The predicted octanol–water partition coefficient (Wildman–Crippen LogP) is 5.48. The van der Waals surface area contributed by atoms with Crippen LogP contribution >= 0.6 is 0 Å². The van der Waals surface area contributed by atoms with Crippen LogP contribution in [0.5, 0.6) is 5.75 Å². The molecule has 5 nitrogen and oxygen atoms in total. The Morgan fingerprint density at radius 3 is 2.48 bits per heavy atom. The Hall–Kier alpha value is -3.29. The van der Waals surface area contributed by atoms with Crippen molar-refractivity contribution in [1.82, 2.24) is 4.98 Å². The lowest BCUT2D eigenvalue weighted by Crippen LogP contribution is -2.06. The van der Waals surface area contributed by atoms with Crippen LogP contribution in [0, 0.1) is 6.92 Å². The van der Waals surface area contributed by atoms with Gasteiger partial charge in [-0.15, -0.1) is 0 Å². The van der Waals surface area contributed by atoms with E-state index in [0.717, 1.165) is 24.1 Å². The first-order valence-corrected chi connectivity index (χ1v) is 9.77. The van der Waals surface area contributed by atoms with Gasteiger partial charge in [-0.1, -0.05) is 19.1 Å². The molecule has 0 radical (unpaired) electrons. The summed E-state index contributed by atoms with van der Waals surface area (Å²) in [4.78, 5) is 15.3. The summed E-state index contributed by atoms with van der Waals surface area (Å²) in [6.07, 6.45) is -3.31. The molecule has 0 unspecified atom stereocenters. The Kier molecular flexibility index (Phi) is 6.68. The van der Waals surface area contributed by atoms with E-state index in [-0.39, 0.29) is 12.3 Å². The molecule has 3 rings (SSSR count). The number of aromatic nitrogens is 1. The predicted molar refractivity (Wildman–Crippen MR) is 108 cm³/mol. The van der Waals surface area contributed by atoms with Crippen molar-refractivity contribution in [3.05, 3.63) is 70.6 Å². The number of carbonyl (C=O) groups is 1. The number of aliphatic carboxylic acids is 1. The van der Waals surface area contributed by atoms with Gasteiger partial charge in [0, 0.05) is 12.0 Å². The fourth-order valence-corrected chi connectivity index (χ4v) is 3.15. The van der Waals surface area contributed by atoms with Crippen molar-refractivity contribution in [2.24, 2.45) is 0 Å². The molecule has 0 aliphatic heterocycles. The Labute approximate surface area is 177 Å². The van der Waals surface area contributed by atoms with E-state index in [0.29, 0.717) is 41.4 Å². The highest BCUT2D eigenvalue weighted by atomic mass is 19.4. The van der Waals surface area contributed by atoms with E-state index < -0.39 is 17.7 Å². The third-order valence-electron chi connectivity index (χ3n) is 4.82. The second-order valence-corrected chi connectivity index (χ2v) is 7.06. The minimum Gasteiger partial charge on any atom is -0.493 e. The molecule has 0 aliphatic carbocycles. The Bertz CT molecular complexity index is 1060. The topological polar surface area (TPSA) is 72.6 Å². The number of oxazole rings is 1. The molecule has 0 fully saturated rings. The smallest absolute Gasteiger partial charge is 0.416 e. The standard InChI is InChI=1S/C23H22F3NO4/c1-3-16-5-4-15(13-21(28)29)12-20(16)30-11-10-19-14(2)31-22(27-19)17-6-8-18(9-7-17)23(24,25)26/h4-9,12H,3,10-11,13H2,1-2H3,(H,28,29). The second kappa shape index (κ2) is 9.24. The number of carboxylic acids is 1. The summed E-state index contributed by atoms with van der Waals surface area (Å²) in [7, 11) is 0. The molecule has 0 aliphatic rings. The molecule has 2 aromatic carbocycles. The molecule has 1 aromatic heterocycles. The maximum atomic E-state index is 12.7. The van der Waals surface area contributed by atoms with Gasteiger partial charge in [-0.2, -0.15) is 13.2 Å². The third kappa shape index (κ3) is 5.65. The average Bonchev–Trinajstić information content (AvgIpc) is 3.08. The zero-order valence-electron chi connectivity index (χ0n) is 17.1. The molecule has 31 heavy (non-hydrogen) atoms. The highest BCUT2D eigenvalue weighted by Crippen LogP contribution is 2.31. The minimum absolute atomic E-state index is 0.0841. The van der Waals surface area contributed by atoms with Crippen LogP contribution in [0.4, 0.5) is 13.2 Å². The summed E-state index contributed by atoms with van der Waals surface area (Å²) in [6, 6.07) is 10.0. The van der Waals surface area contributed by atoms with E-state index in [1.165, 1.54) is 12.1 Å². The fraction of sp³-hybridized carbons (Fsp3) is 0.304. The lowest BCUT2D eigenvalue weighted by molar-refractivity contribution is -0.138. The normalized spacial score (nSPS) is 11.5. The van der Waals surface area contributed by atoms with E-state index in [4.69, 9.17) is 14.3 Å². The molecule has 8 heteroatoms. The van der Waals surface area contributed by atoms with Crippen LogP contribution in [0.1, 0.15) is 35.1 Å². The summed E-state index contributed by atoms with van der Waals surface area (Å²) >= 11 is 0. The van der Waals surface area contributed by atoms with Crippen LogP contribution in [-0.2, 0) is 30.2 Å². The molecule has 1 heterocycles. The maximum absolute atomic E-state index is 12.7. The first kappa shape index (κ1) is 22.4. The Morgan fingerprint density at radius 2 is 1.87 bits per heavy atom. The van der Waals surface area contributed by atoms with E-state index in [9.17, 15) is 18.0 Å². The molecule has 0 bridgehead atoms. The lowest BCUT2D eigenvalue weighted by Gasteiger charge is -2.11. The van der Waals surface area contributed by atoms with E-state index in [1.807, 2.05) is 13.0 Å². The molecular formula is C23H22F3NO4. The summed E-state index contributed by atoms with van der Waals surface area (Å²) < 4.78 is 49.7. The number of rotatable bonds is 8. The van der Waals surface area contributed by atoms with Gasteiger partial charge >= 0.3 is 12.1 Å². The van der Waals surface area contributed by atoms with E-state index in [2.05, 4.69) is 4.98 Å². The molecule has 3 aromatic rings. The first-order valence-electron chi connectivity index (χ1n) is 9.77. The van der Waals surface area contributed by atoms with Crippen LogP contribution < -0.4 is 4.74 Å². The number of nitrogens with zero attached hydrogens (tertiary/aromatic N) is 1. The van der Waals surface area contributed by atoms with Crippen molar-refractivity contribution in [2.75, 3.05) is 6.61 Å². The van der Waals surface area contributed by atoms with Crippen LogP contribution in [0.15, 0.2) is 46.9 Å². The van der Waals surface area contributed by atoms with Gasteiger partial charge in [0.15, 0.2) is 0 Å². The molecule has 164 valence electrons. The summed E-state index contributed by atoms with van der Waals surface area (Å²) in [5.41, 5.74) is 2.00. The van der Waals surface area contributed by atoms with E-state index >= 15 is 0 Å². The van der Waals surface area contributed by atoms with Crippen molar-refractivity contribution >= 4 is 5.97 Å². The SMILES string of the molecule is CCc1ccc(CC(=O)O)cc1OCCc1nc(-c2ccc(C(F)(F)F)cc2)oc1C. The Morgan fingerprint density at radius 1 is 1.16 bits per heavy atom. The van der Waals surface area contributed by atoms with Crippen LogP contribution in [0.3, 0.4) is 0 Å². The van der Waals surface area contributed by atoms with Gasteiger partial charge in [0.2, 0.25) is 5.89 Å². The summed E-state index contributed by atoms with van der Waals surface area (Å²) in [5, 5.41) is 8.98. The number of carboxylic acid groups (broad SMARTS) is 1. The molecular weight excluding hydrogens is 411 g/mol. The lowest BCUT2D eigenvalue weighted by atomic mass is 10.1. The van der Waals surface area contributed by atoms with Gasteiger partial charge in [-0.3, -0.25) is 4.79 Å². The monoisotopic (exact) mass is 433 g/mol. The fourth-order valence-electron chi connectivity index (χ4n) is 3.15. The Balaban J connectivity index is 1.68. The maximum Gasteiger partial charge on any atom is 0.416 e. The molecule has 0 atom stereocenters. The van der Waals surface area contributed by atoms with Crippen molar-refractivity contribution in [1.29, 1.82) is 0 Å². The highest BCUT2D eigenvalue weighted by molar-refractivity contribution is 5.70. The van der Waals surface area contributed by atoms with Gasteiger partial charge in [-0.05, 0) is 54.8 Å². The van der Waals surface area contributed by atoms with Crippen molar-refractivity contribution in [3.8, 4) is 17.2 Å². The molecule has 0 saturated carbocycles. The van der Waals surface area contributed by atoms with Gasteiger partial charge in [0.1, 0.15) is 11.5 Å². The number of hydrogen-bond acceptors (Lipinski definition) is 4. The average molecular weight is 433 g/mol. The quantitative estimate of drug-likeness (QED) is 0.509. The number of benzene rings is 2. The summed E-state index contributed by atoms with van der Waals surface area (Å²) in [6.45, 7) is 4.02. The van der Waals surface area contributed by atoms with E-state index in [1.54, 1.807) is 19.1 Å². The zero-order chi connectivity index (χ0) is 22.6. The van der Waals surface area contributed by atoms with Crippen LogP contribution in [0.2, 0.25) is 0 Å². The largest absolute Gasteiger partial charge is 0.493 e. The molecule has 0 amide bonds. The molecule has 0 spiro atoms. The minimum atomic E-state index is -4.40. The van der Waals surface area contributed by atoms with Gasteiger partial charge in [0.25, 0.3) is 0 Å². The van der Waals surface area contributed by atoms with Gasteiger partial charge in [-0.25, -0.2) is 4.98 Å². The van der Waals surface area contributed by atoms with Crippen molar-refractivity contribution in [3.63, 3.8) is 0 Å². The molecule has 0 saturated heterocycles. The number of alkyl halides is 3.